The van der Waals surface area contributed by atoms with Gasteiger partial charge in [-0.3, -0.25) is 14.6 Å². The number of rotatable bonds is 5. The van der Waals surface area contributed by atoms with E-state index in [1.54, 1.807) is 23.4 Å². The predicted molar refractivity (Wildman–Crippen MR) is 103 cm³/mol. The summed E-state index contributed by atoms with van der Waals surface area (Å²) in [5.74, 6) is -0.499. The minimum Gasteiger partial charge on any atom is -0.352 e. The molecule has 0 saturated carbocycles. The number of benzene rings is 1. The molecule has 1 atom stereocenters. The Labute approximate surface area is 161 Å². The molecule has 0 unspecified atom stereocenters. The average Bonchev–Trinajstić information content (AvgIpc) is 3.25. The molecule has 1 aliphatic rings. The predicted octanol–water partition coefficient (Wildman–Crippen LogP) is 2.93. The van der Waals surface area contributed by atoms with Crippen molar-refractivity contribution in [3.63, 3.8) is 0 Å². The number of aryl methyl sites for hydroxylation is 1. The zero-order valence-electron chi connectivity index (χ0n) is 15.5. The maximum absolute atomic E-state index is 13.6. The maximum atomic E-state index is 13.6. The number of nitrogens with one attached hydrogen (secondary N) is 2. The van der Waals surface area contributed by atoms with E-state index in [9.17, 15) is 14.0 Å². The molecule has 6 nitrogen and oxygen atoms in total. The summed E-state index contributed by atoms with van der Waals surface area (Å²) in [5.41, 5.74) is 2.83. The molecule has 4 rings (SSSR count). The highest BCUT2D eigenvalue weighted by molar-refractivity contribution is 6.01. The second-order valence-electron chi connectivity index (χ2n) is 7.16. The Balaban J connectivity index is 1.65. The summed E-state index contributed by atoms with van der Waals surface area (Å²) in [6, 6.07) is 8.10. The van der Waals surface area contributed by atoms with Crippen molar-refractivity contribution in [2.45, 2.75) is 32.4 Å². The number of fused-ring (bicyclic) bond motifs is 1. The van der Waals surface area contributed by atoms with E-state index in [0.29, 0.717) is 37.0 Å². The van der Waals surface area contributed by atoms with E-state index in [-0.39, 0.29) is 23.7 Å². The van der Waals surface area contributed by atoms with Crippen molar-refractivity contribution in [1.82, 2.24) is 20.2 Å². The van der Waals surface area contributed by atoms with Crippen LogP contribution in [0, 0.1) is 12.7 Å². The highest BCUT2D eigenvalue weighted by Gasteiger charge is 2.27. The van der Waals surface area contributed by atoms with Crippen LogP contribution in [0.5, 0.6) is 0 Å². The summed E-state index contributed by atoms with van der Waals surface area (Å²) in [5, 5.41) is 3.62. The third kappa shape index (κ3) is 3.60. The number of carbonyl (C=O) groups excluding carboxylic acids is 2. The molecule has 3 aromatic rings. The molecule has 0 radical (unpaired) electrons. The van der Waals surface area contributed by atoms with E-state index >= 15 is 0 Å². The standard InChI is InChI=1S/C21H21FN4O2/c1-13-17-10-15(22)2-4-18(17)25-20(13)21(28)26(11-14-6-8-23-9-7-14)12-16-3-5-19(27)24-16/h2,4,6-10,16,25H,3,5,11-12H2,1H3,(H,24,27)/t16-/m0/s1. The normalized spacial score (nSPS) is 16.4. The van der Waals surface area contributed by atoms with Gasteiger partial charge in [-0.1, -0.05) is 0 Å². The molecule has 28 heavy (non-hydrogen) atoms. The van der Waals surface area contributed by atoms with Crippen LogP contribution >= 0.6 is 0 Å². The van der Waals surface area contributed by atoms with Crippen LogP contribution in [0.2, 0.25) is 0 Å². The number of nitrogens with zero attached hydrogens (tertiary/aromatic N) is 2. The maximum Gasteiger partial charge on any atom is 0.270 e. The van der Waals surface area contributed by atoms with E-state index in [2.05, 4.69) is 15.3 Å². The van der Waals surface area contributed by atoms with Crippen LogP contribution in [0.15, 0.2) is 42.7 Å². The van der Waals surface area contributed by atoms with Gasteiger partial charge in [-0.2, -0.15) is 0 Å². The van der Waals surface area contributed by atoms with Gasteiger partial charge >= 0.3 is 0 Å². The molecule has 2 aromatic heterocycles. The van der Waals surface area contributed by atoms with Crippen LogP contribution in [0.4, 0.5) is 4.39 Å². The summed E-state index contributed by atoms with van der Waals surface area (Å²) in [7, 11) is 0. The van der Waals surface area contributed by atoms with Gasteiger partial charge in [0.05, 0.1) is 0 Å². The van der Waals surface area contributed by atoms with E-state index < -0.39 is 0 Å². The fourth-order valence-corrected chi connectivity index (χ4v) is 3.68. The van der Waals surface area contributed by atoms with Crippen LogP contribution in [0.3, 0.4) is 0 Å². The largest absolute Gasteiger partial charge is 0.352 e. The van der Waals surface area contributed by atoms with Gasteiger partial charge in [0.15, 0.2) is 0 Å². The Kier molecular flexibility index (Phi) is 4.81. The van der Waals surface area contributed by atoms with Crippen molar-refractivity contribution in [3.8, 4) is 0 Å². The third-order valence-electron chi connectivity index (χ3n) is 5.17. The summed E-state index contributed by atoms with van der Waals surface area (Å²) in [6.07, 6.45) is 4.56. The van der Waals surface area contributed by atoms with Crippen LogP contribution in [-0.2, 0) is 11.3 Å². The van der Waals surface area contributed by atoms with Crippen molar-refractivity contribution >= 4 is 22.7 Å². The minimum absolute atomic E-state index is 0.0126. The van der Waals surface area contributed by atoms with Crippen LogP contribution in [-0.4, -0.2) is 39.3 Å². The van der Waals surface area contributed by atoms with E-state index in [1.165, 1.54) is 12.1 Å². The topological polar surface area (TPSA) is 78.1 Å². The summed E-state index contributed by atoms with van der Waals surface area (Å²) >= 11 is 0. The zero-order valence-corrected chi connectivity index (χ0v) is 15.5. The Morgan fingerprint density at radius 1 is 1.29 bits per heavy atom. The molecule has 7 heteroatoms. The molecule has 1 saturated heterocycles. The Morgan fingerprint density at radius 3 is 2.79 bits per heavy atom. The zero-order chi connectivity index (χ0) is 19.7. The lowest BCUT2D eigenvalue weighted by Crippen LogP contribution is -2.41. The van der Waals surface area contributed by atoms with Gasteiger partial charge in [0.2, 0.25) is 5.91 Å². The number of H-pyrrole nitrogens is 1. The molecule has 1 aliphatic heterocycles. The highest BCUT2D eigenvalue weighted by atomic mass is 19.1. The van der Waals surface area contributed by atoms with Gasteiger partial charge in [-0.25, -0.2) is 4.39 Å². The second kappa shape index (κ2) is 7.42. The van der Waals surface area contributed by atoms with Crippen molar-refractivity contribution in [2.75, 3.05) is 6.54 Å². The van der Waals surface area contributed by atoms with Gasteiger partial charge < -0.3 is 15.2 Å². The smallest absolute Gasteiger partial charge is 0.270 e. The Morgan fingerprint density at radius 2 is 2.07 bits per heavy atom. The Hall–Kier alpha value is -3.22. The van der Waals surface area contributed by atoms with Crippen molar-refractivity contribution < 1.29 is 14.0 Å². The number of aromatic amines is 1. The SMILES string of the molecule is Cc1c(C(=O)N(Cc2ccncc2)C[C@@H]2CCC(=O)N2)[nH]c2ccc(F)cc12. The molecule has 1 fully saturated rings. The van der Waals surface area contributed by atoms with Gasteiger partial charge in [-0.15, -0.1) is 0 Å². The molecule has 0 bridgehead atoms. The van der Waals surface area contributed by atoms with Crippen molar-refractivity contribution in [1.29, 1.82) is 0 Å². The Bertz CT molecular complexity index is 1030. The summed E-state index contributed by atoms with van der Waals surface area (Å²) in [4.78, 5) is 33.8. The molecular weight excluding hydrogens is 359 g/mol. The lowest BCUT2D eigenvalue weighted by Gasteiger charge is -2.26. The van der Waals surface area contributed by atoms with Crippen LogP contribution in [0.1, 0.15) is 34.5 Å². The van der Waals surface area contributed by atoms with E-state index in [4.69, 9.17) is 0 Å². The quantitative estimate of drug-likeness (QED) is 0.714. The van der Waals surface area contributed by atoms with Gasteiger partial charge in [0.25, 0.3) is 5.91 Å². The second-order valence-corrected chi connectivity index (χ2v) is 7.16. The molecule has 144 valence electrons. The fraction of sp³-hybridized carbons (Fsp3) is 0.286. The minimum atomic E-state index is -0.337. The molecule has 2 N–H and O–H groups in total. The van der Waals surface area contributed by atoms with Crippen molar-refractivity contribution in [2.24, 2.45) is 0 Å². The number of hydrogen-bond donors (Lipinski definition) is 2. The van der Waals surface area contributed by atoms with Crippen molar-refractivity contribution in [3.05, 3.63) is 65.4 Å². The summed E-state index contributed by atoms with van der Waals surface area (Å²) < 4.78 is 13.6. The molecule has 0 spiro atoms. The lowest BCUT2D eigenvalue weighted by atomic mass is 10.1. The monoisotopic (exact) mass is 380 g/mol. The molecule has 0 aliphatic carbocycles. The molecular formula is C21H21FN4O2. The van der Waals surface area contributed by atoms with Gasteiger partial charge in [0, 0.05) is 48.8 Å². The van der Waals surface area contributed by atoms with Crippen LogP contribution in [0.25, 0.3) is 10.9 Å². The molecule has 1 aromatic carbocycles. The first-order valence-electron chi connectivity index (χ1n) is 9.26. The van der Waals surface area contributed by atoms with E-state index in [1.807, 2.05) is 19.1 Å². The first-order chi connectivity index (χ1) is 13.5. The lowest BCUT2D eigenvalue weighted by molar-refractivity contribution is -0.119. The number of carbonyl (C=O) groups is 2. The van der Waals surface area contributed by atoms with Gasteiger partial charge in [0.1, 0.15) is 11.5 Å². The number of aromatic nitrogens is 2. The molecule has 3 heterocycles. The van der Waals surface area contributed by atoms with Crippen LogP contribution < -0.4 is 5.32 Å². The fourth-order valence-electron chi connectivity index (χ4n) is 3.68. The average molecular weight is 380 g/mol. The van der Waals surface area contributed by atoms with E-state index in [0.717, 1.165) is 16.6 Å². The number of amides is 2. The number of hydrogen-bond acceptors (Lipinski definition) is 3. The van der Waals surface area contributed by atoms with Gasteiger partial charge in [-0.05, 0) is 54.8 Å². The first kappa shape index (κ1) is 18.2. The third-order valence-corrected chi connectivity index (χ3v) is 5.17. The highest BCUT2D eigenvalue weighted by Crippen LogP contribution is 2.24. The number of halogens is 1. The number of pyridine rings is 1. The first-order valence-corrected chi connectivity index (χ1v) is 9.26. The molecule has 2 amide bonds. The summed E-state index contributed by atoms with van der Waals surface area (Å²) in [6.45, 7) is 2.63.